The zero-order valence-corrected chi connectivity index (χ0v) is 15.4. The first-order chi connectivity index (χ1) is 14.4. The Morgan fingerprint density at radius 2 is 2.07 bits per heavy atom. The zero-order chi connectivity index (χ0) is 23.0. The molecule has 2 N–H and O–H groups in total. The maximum atomic E-state index is 13.0. The molecular weight excluding hydrogens is 391 g/mol. The van der Waals surface area contributed by atoms with E-state index in [1.807, 2.05) is 0 Å². The highest BCUT2D eigenvalue weighted by atomic mass is 32.2. The van der Waals surface area contributed by atoms with Gasteiger partial charge in [-0.1, -0.05) is 12.1 Å². The topological polar surface area (TPSA) is 122 Å². The Balaban J connectivity index is 2.05. The number of aromatic hydroxyl groups is 1. The van der Waals surface area contributed by atoms with Crippen LogP contribution < -0.4 is 15.2 Å². The highest BCUT2D eigenvalue weighted by Crippen LogP contribution is 2.22. The van der Waals surface area contributed by atoms with Crippen LogP contribution in [0, 0.1) is 5.82 Å². The lowest BCUT2D eigenvalue weighted by atomic mass is 10.2. The van der Waals surface area contributed by atoms with Gasteiger partial charge in [-0.05, 0) is 30.5 Å². The number of halogens is 1. The van der Waals surface area contributed by atoms with Gasteiger partial charge < -0.3 is 10.4 Å². The molecule has 9 nitrogen and oxygen atoms in total. The smallest absolute Gasteiger partial charge is 0.297 e. The van der Waals surface area contributed by atoms with Gasteiger partial charge in [0.25, 0.3) is 11.5 Å². The summed E-state index contributed by atoms with van der Waals surface area (Å²) in [7, 11) is -3.98. The first-order valence-electron chi connectivity index (χ1n) is 9.81. The lowest BCUT2D eigenvalue weighted by molar-refractivity contribution is 0.0942. The van der Waals surface area contributed by atoms with Crippen LogP contribution in [0.2, 0.25) is 0 Å². The van der Waals surface area contributed by atoms with Crippen molar-refractivity contribution < 1.29 is 26.8 Å². The average molecular weight is 416 g/mol. The maximum absolute atomic E-state index is 13.0. The molecule has 2 aromatic rings. The van der Waals surface area contributed by atoms with Gasteiger partial charge >= 0.3 is 0 Å². The summed E-state index contributed by atoms with van der Waals surface area (Å²) >= 11 is 0. The van der Waals surface area contributed by atoms with Gasteiger partial charge in [0.1, 0.15) is 5.82 Å². The van der Waals surface area contributed by atoms with Crippen molar-refractivity contribution in [3.05, 3.63) is 51.7 Å². The number of hydrogen-bond donors (Lipinski definition) is 2. The van der Waals surface area contributed by atoms with Gasteiger partial charge in [0.05, 0.1) is 5.75 Å². The largest absolute Gasteiger partial charge is 0.501 e. The molecule has 3 rings (SSSR count). The Kier molecular flexibility index (Phi) is 4.35. The Morgan fingerprint density at radius 1 is 1.36 bits per heavy atom. The molecule has 11 heteroatoms. The lowest BCUT2D eigenvalue weighted by Crippen LogP contribution is -2.42. The molecule has 1 aromatic carbocycles. The van der Waals surface area contributed by atoms with Gasteiger partial charge in [0.15, 0.2) is 5.69 Å². The fourth-order valence-corrected chi connectivity index (χ4v) is 4.28. The number of carbonyl (C=O) groups is 1. The van der Waals surface area contributed by atoms with Crippen LogP contribution in [0.25, 0.3) is 0 Å². The van der Waals surface area contributed by atoms with Crippen LogP contribution in [0.4, 0.5) is 10.3 Å². The van der Waals surface area contributed by atoms with Crippen molar-refractivity contribution in [3.63, 3.8) is 0 Å². The van der Waals surface area contributed by atoms with Crippen molar-refractivity contribution in [1.29, 1.82) is 0 Å². The number of nitrogens with zero attached hydrogens (tertiary/aromatic N) is 3. The molecule has 0 atom stereocenters. The van der Waals surface area contributed by atoms with Gasteiger partial charge in [-0.2, -0.15) is 0 Å². The Labute approximate surface area is 164 Å². The Bertz CT molecular complexity index is 1170. The summed E-state index contributed by atoms with van der Waals surface area (Å²) in [6.45, 7) is -3.40. The summed E-state index contributed by atoms with van der Waals surface area (Å²) in [5.74, 6) is -3.79. The second-order valence-electron chi connectivity index (χ2n) is 6.15. The fraction of sp³-hybridized carbons (Fsp3) is 0.353. The number of benzene rings is 1. The second-order valence-corrected chi connectivity index (χ2v) is 8.17. The summed E-state index contributed by atoms with van der Waals surface area (Å²) in [5, 5.41) is 12.5. The summed E-state index contributed by atoms with van der Waals surface area (Å²) in [5.41, 5.74) is -1.79. The number of amides is 1. The number of nitrogens with one attached hydrogen (secondary N) is 1. The van der Waals surface area contributed by atoms with Crippen LogP contribution in [0.1, 0.15) is 33.0 Å². The van der Waals surface area contributed by atoms with Crippen molar-refractivity contribution in [2.24, 2.45) is 6.98 Å². The van der Waals surface area contributed by atoms with Crippen molar-refractivity contribution >= 4 is 21.9 Å². The van der Waals surface area contributed by atoms with Gasteiger partial charge in [0.2, 0.25) is 21.7 Å². The van der Waals surface area contributed by atoms with Gasteiger partial charge in [-0.3, -0.25) is 14.2 Å². The normalized spacial score (nSPS) is 18.0. The Hall–Kier alpha value is -2.95. The SMILES string of the molecule is [3H]C([3H])([3H])n1c(N2CCCCS2(=O)=O)nc(C(=O)NCc2ccc(F)cc2)c(O)c1=O. The monoisotopic (exact) mass is 416 g/mol. The quantitative estimate of drug-likeness (QED) is 0.748. The van der Waals surface area contributed by atoms with Gasteiger partial charge in [-0.15, -0.1) is 0 Å². The van der Waals surface area contributed by atoms with Crippen LogP contribution in [-0.4, -0.2) is 41.3 Å². The third kappa shape index (κ3) is 3.84. The van der Waals surface area contributed by atoms with Crippen molar-refractivity contribution in [2.75, 3.05) is 16.6 Å². The molecule has 28 heavy (non-hydrogen) atoms. The zero-order valence-electron chi connectivity index (χ0n) is 17.6. The van der Waals surface area contributed by atoms with Gasteiger partial charge in [0, 0.05) is 24.2 Å². The van der Waals surface area contributed by atoms with E-state index in [2.05, 4.69) is 10.3 Å². The van der Waals surface area contributed by atoms with E-state index in [0.29, 0.717) is 22.7 Å². The molecule has 150 valence electrons. The predicted octanol–water partition coefficient (Wildman–Crippen LogP) is 0.485. The molecule has 1 fully saturated rings. The summed E-state index contributed by atoms with van der Waals surface area (Å²) in [6, 6.07) is 5.16. The predicted molar refractivity (Wildman–Crippen MR) is 99.1 cm³/mol. The van der Waals surface area contributed by atoms with Crippen LogP contribution in [-0.2, 0) is 23.5 Å². The fourth-order valence-electron chi connectivity index (χ4n) is 2.71. The van der Waals surface area contributed by atoms with Crippen molar-refractivity contribution in [1.82, 2.24) is 14.9 Å². The number of anilines is 1. The Morgan fingerprint density at radius 3 is 2.71 bits per heavy atom. The van der Waals surface area contributed by atoms with E-state index in [0.717, 1.165) is 0 Å². The first-order valence-corrected chi connectivity index (χ1v) is 9.92. The second kappa shape index (κ2) is 7.58. The van der Waals surface area contributed by atoms with Gasteiger partial charge in [-0.25, -0.2) is 22.1 Å². The average Bonchev–Trinajstić information content (AvgIpc) is 2.68. The lowest BCUT2D eigenvalue weighted by Gasteiger charge is -2.28. The number of sulfonamides is 1. The molecule has 0 radical (unpaired) electrons. The summed E-state index contributed by atoms with van der Waals surface area (Å²) < 4.78 is 61.4. The van der Waals surface area contributed by atoms with Crippen LogP contribution in [0.3, 0.4) is 0 Å². The third-order valence-corrected chi connectivity index (χ3v) is 6.02. The van der Waals surface area contributed by atoms with Crippen LogP contribution in [0.5, 0.6) is 5.75 Å². The molecule has 1 aliphatic heterocycles. The first kappa shape index (κ1) is 16.0. The minimum absolute atomic E-state index is 0.0853. The summed E-state index contributed by atoms with van der Waals surface area (Å²) in [6.07, 6.45) is 0.739. The summed E-state index contributed by atoms with van der Waals surface area (Å²) in [4.78, 5) is 28.9. The van der Waals surface area contributed by atoms with Crippen LogP contribution in [0.15, 0.2) is 29.1 Å². The van der Waals surface area contributed by atoms with Crippen LogP contribution >= 0.6 is 0 Å². The highest BCUT2D eigenvalue weighted by Gasteiger charge is 2.31. The molecule has 0 unspecified atom stereocenters. The highest BCUT2D eigenvalue weighted by molar-refractivity contribution is 7.92. The van der Waals surface area contributed by atoms with E-state index in [4.69, 9.17) is 4.11 Å². The number of hydrogen-bond acceptors (Lipinski definition) is 6. The molecule has 0 bridgehead atoms. The van der Waals surface area contributed by atoms with E-state index in [1.165, 1.54) is 24.3 Å². The maximum Gasteiger partial charge on any atom is 0.297 e. The molecule has 0 saturated carbocycles. The molecule has 1 amide bonds. The van der Waals surface area contributed by atoms with E-state index in [-0.39, 0.29) is 23.4 Å². The molecule has 1 aliphatic rings. The molecule has 0 aliphatic carbocycles. The van der Waals surface area contributed by atoms with E-state index in [1.54, 1.807) is 0 Å². The van der Waals surface area contributed by atoms with Crippen molar-refractivity contribution in [3.8, 4) is 5.75 Å². The van der Waals surface area contributed by atoms with E-state index in [9.17, 15) is 27.5 Å². The van der Waals surface area contributed by atoms with E-state index >= 15 is 0 Å². The third-order valence-electron chi connectivity index (χ3n) is 4.20. The molecule has 1 saturated heterocycles. The molecule has 0 spiro atoms. The molecule has 2 heterocycles. The number of carbonyl (C=O) groups excluding carboxylic acids is 1. The minimum atomic E-state index is -3.98. The van der Waals surface area contributed by atoms with Crippen molar-refractivity contribution in [2.45, 2.75) is 19.4 Å². The molecule has 1 aromatic heterocycles. The van der Waals surface area contributed by atoms with E-state index < -0.39 is 51.7 Å². The standard InChI is InChI=1S/C17H19FN4O5S/c1-21-16(25)14(23)13(15(24)19-10-11-4-6-12(18)7-5-11)20-17(21)22-8-2-3-9-28(22,26)27/h4-7,23H,2-3,8-10H2,1H3,(H,19,24)/i1T3. The molecular formula is C17H19FN4O5S. The number of rotatable bonds is 4. The number of aromatic nitrogens is 2. The minimum Gasteiger partial charge on any atom is -0.501 e.